The van der Waals surface area contributed by atoms with Crippen LogP contribution in [0.4, 0.5) is 0 Å². The highest BCUT2D eigenvalue weighted by atomic mass is 16.2. The fourth-order valence-corrected chi connectivity index (χ4v) is 2.89. The topological polar surface area (TPSA) is 32.3 Å². The van der Waals surface area contributed by atoms with E-state index >= 15 is 0 Å². The van der Waals surface area contributed by atoms with Crippen LogP contribution in [0.2, 0.25) is 0 Å². The Morgan fingerprint density at radius 1 is 1.20 bits per heavy atom. The van der Waals surface area contributed by atoms with Gasteiger partial charge in [0.15, 0.2) is 0 Å². The number of rotatable bonds is 1. The van der Waals surface area contributed by atoms with E-state index in [1.165, 1.54) is 11.1 Å². The van der Waals surface area contributed by atoms with Gasteiger partial charge in [-0.15, -0.1) is 0 Å². The minimum atomic E-state index is 0.0175. The van der Waals surface area contributed by atoms with E-state index in [-0.39, 0.29) is 11.9 Å². The maximum atomic E-state index is 12.0. The van der Waals surface area contributed by atoms with Crippen LogP contribution in [-0.4, -0.2) is 23.4 Å². The number of allylic oxidation sites excluding steroid dienone is 1. The molecule has 0 aromatic heterocycles. The number of hydrogen-bond acceptors (Lipinski definition) is 2. The van der Waals surface area contributed by atoms with Crippen molar-refractivity contribution >= 4 is 5.91 Å². The molecule has 1 unspecified atom stereocenters. The summed E-state index contributed by atoms with van der Waals surface area (Å²) in [7, 11) is 0. The summed E-state index contributed by atoms with van der Waals surface area (Å²) in [6, 6.07) is 8.54. The van der Waals surface area contributed by atoms with Crippen molar-refractivity contribution in [3.63, 3.8) is 0 Å². The largest absolute Gasteiger partial charge is 0.329 e. The summed E-state index contributed by atoms with van der Waals surface area (Å²) < 4.78 is 0. The molecular formula is C17H24N2O. The highest BCUT2D eigenvalue weighted by Gasteiger charge is 2.31. The van der Waals surface area contributed by atoms with Crippen LogP contribution in [0.1, 0.15) is 37.8 Å². The molecule has 0 saturated carbocycles. The van der Waals surface area contributed by atoms with E-state index in [0.29, 0.717) is 0 Å². The van der Waals surface area contributed by atoms with Crippen LogP contribution in [0.3, 0.4) is 0 Å². The first-order valence-electron chi connectivity index (χ1n) is 7.53. The molecular weight excluding hydrogens is 248 g/mol. The molecule has 3 rings (SSSR count). The SMILES string of the molecule is C=C1CCC(N2CCc3ccccc3C2)C(=O)N1.CC. The van der Waals surface area contributed by atoms with Crippen LogP contribution in [0.15, 0.2) is 36.5 Å². The smallest absolute Gasteiger partial charge is 0.241 e. The maximum Gasteiger partial charge on any atom is 0.241 e. The molecule has 2 aliphatic heterocycles. The zero-order valence-electron chi connectivity index (χ0n) is 12.5. The molecule has 3 nitrogen and oxygen atoms in total. The van der Waals surface area contributed by atoms with E-state index in [1.54, 1.807) is 0 Å². The van der Waals surface area contributed by atoms with Crippen LogP contribution >= 0.6 is 0 Å². The van der Waals surface area contributed by atoms with Gasteiger partial charge in [0.05, 0.1) is 6.04 Å². The minimum absolute atomic E-state index is 0.0175. The van der Waals surface area contributed by atoms with E-state index in [9.17, 15) is 4.79 Å². The molecule has 20 heavy (non-hydrogen) atoms. The number of benzene rings is 1. The number of nitrogens with one attached hydrogen (secondary N) is 1. The van der Waals surface area contributed by atoms with Gasteiger partial charge in [-0.25, -0.2) is 0 Å². The van der Waals surface area contributed by atoms with Gasteiger partial charge in [-0.2, -0.15) is 0 Å². The molecule has 1 aromatic carbocycles. The fraction of sp³-hybridized carbons (Fsp3) is 0.471. The van der Waals surface area contributed by atoms with E-state index in [1.807, 2.05) is 13.8 Å². The first kappa shape index (κ1) is 14.8. The second-order valence-electron chi connectivity index (χ2n) is 5.14. The monoisotopic (exact) mass is 272 g/mol. The van der Waals surface area contributed by atoms with E-state index in [4.69, 9.17) is 0 Å². The summed E-state index contributed by atoms with van der Waals surface area (Å²) in [5, 5.41) is 2.88. The van der Waals surface area contributed by atoms with Crippen LogP contribution in [0.25, 0.3) is 0 Å². The van der Waals surface area contributed by atoms with Crippen molar-refractivity contribution < 1.29 is 4.79 Å². The predicted octanol–water partition coefficient (Wildman–Crippen LogP) is 2.86. The Morgan fingerprint density at radius 2 is 1.90 bits per heavy atom. The van der Waals surface area contributed by atoms with Crippen LogP contribution in [0.5, 0.6) is 0 Å². The van der Waals surface area contributed by atoms with E-state index < -0.39 is 0 Å². The van der Waals surface area contributed by atoms with Gasteiger partial charge in [-0.1, -0.05) is 44.7 Å². The van der Waals surface area contributed by atoms with E-state index in [2.05, 4.69) is 41.1 Å². The molecule has 1 aromatic rings. The Kier molecular flexibility index (Phi) is 4.96. The van der Waals surface area contributed by atoms with Crippen molar-refractivity contribution in [3.05, 3.63) is 47.7 Å². The number of carbonyl (C=O) groups excluding carboxylic acids is 1. The van der Waals surface area contributed by atoms with Gasteiger partial charge in [0, 0.05) is 18.8 Å². The third-order valence-corrected chi connectivity index (χ3v) is 3.92. The summed E-state index contributed by atoms with van der Waals surface area (Å²) >= 11 is 0. The lowest BCUT2D eigenvalue weighted by Crippen LogP contribution is -2.50. The maximum absolute atomic E-state index is 12.0. The average molecular weight is 272 g/mol. The molecule has 0 spiro atoms. The van der Waals surface area contributed by atoms with Crippen molar-refractivity contribution in [3.8, 4) is 0 Å². The zero-order valence-corrected chi connectivity index (χ0v) is 12.5. The molecule has 0 aliphatic carbocycles. The lowest BCUT2D eigenvalue weighted by Gasteiger charge is -2.37. The van der Waals surface area contributed by atoms with Gasteiger partial charge in [-0.3, -0.25) is 9.69 Å². The first-order valence-corrected chi connectivity index (χ1v) is 7.53. The number of hydrogen-bond donors (Lipinski definition) is 1. The molecule has 1 amide bonds. The van der Waals surface area contributed by atoms with Crippen molar-refractivity contribution in [2.24, 2.45) is 0 Å². The normalized spacial score (nSPS) is 22.4. The van der Waals surface area contributed by atoms with Gasteiger partial charge in [-0.05, 0) is 30.4 Å². The Morgan fingerprint density at radius 3 is 2.60 bits per heavy atom. The summed E-state index contributed by atoms with van der Waals surface area (Å²) in [5.41, 5.74) is 3.64. The first-order chi connectivity index (χ1) is 9.74. The number of amides is 1. The van der Waals surface area contributed by atoms with Crippen molar-refractivity contribution in [1.82, 2.24) is 10.2 Å². The zero-order chi connectivity index (χ0) is 14.5. The summed E-state index contributed by atoms with van der Waals surface area (Å²) in [4.78, 5) is 14.3. The van der Waals surface area contributed by atoms with Gasteiger partial charge < -0.3 is 5.32 Å². The quantitative estimate of drug-likeness (QED) is 0.852. The number of fused-ring (bicyclic) bond motifs is 1. The molecule has 0 bridgehead atoms. The lowest BCUT2D eigenvalue weighted by molar-refractivity contribution is -0.127. The third-order valence-electron chi connectivity index (χ3n) is 3.92. The van der Waals surface area contributed by atoms with Gasteiger partial charge in [0.25, 0.3) is 0 Å². The Bertz CT molecular complexity index is 496. The average Bonchev–Trinajstić information content (AvgIpc) is 2.49. The predicted molar refractivity (Wildman–Crippen MR) is 82.2 cm³/mol. The standard InChI is InChI=1S/C15H18N2O.C2H6/c1-11-6-7-14(15(18)16-11)17-9-8-12-4-2-3-5-13(12)10-17;1-2/h2-5,14H,1,6-10H2,(H,16,18);1-2H3. The molecule has 3 heteroatoms. The molecule has 2 heterocycles. The van der Waals surface area contributed by atoms with Crippen LogP contribution in [0, 0.1) is 0 Å². The van der Waals surface area contributed by atoms with Crippen LogP contribution < -0.4 is 5.32 Å². The van der Waals surface area contributed by atoms with E-state index in [0.717, 1.165) is 38.0 Å². The Balaban J connectivity index is 0.000000704. The molecule has 1 N–H and O–H groups in total. The second-order valence-corrected chi connectivity index (χ2v) is 5.14. The highest BCUT2D eigenvalue weighted by molar-refractivity contribution is 5.84. The Labute approximate surface area is 121 Å². The lowest BCUT2D eigenvalue weighted by atomic mass is 9.95. The molecule has 1 atom stereocenters. The van der Waals surface area contributed by atoms with Gasteiger partial charge >= 0.3 is 0 Å². The second kappa shape index (κ2) is 6.71. The summed E-state index contributed by atoms with van der Waals surface area (Å²) in [6.45, 7) is 9.69. The summed E-state index contributed by atoms with van der Waals surface area (Å²) in [5.74, 6) is 0.116. The molecule has 0 radical (unpaired) electrons. The summed E-state index contributed by atoms with van der Waals surface area (Å²) in [6.07, 6.45) is 2.84. The molecule has 2 aliphatic rings. The van der Waals surface area contributed by atoms with Gasteiger partial charge in [0.1, 0.15) is 0 Å². The third kappa shape index (κ3) is 3.10. The highest BCUT2D eigenvalue weighted by Crippen LogP contribution is 2.24. The van der Waals surface area contributed by atoms with Gasteiger partial charge in [0.2, 0.25) is 5.91 Å². The van der Waals surface area contributed by atoms with Crippen molar-refractivity contribution in [2.45, 2.75) is 45.7 Å². The van der Waals surface area contributed by atoms with Crippen molar-refractivity contribution in [2.75, 3.05) is 6.54 Å². The Hall–Kier alpha value is -1.61. The number of piperidine rings is 1. The number of nitrogens with zero attached hydrogens (tertiary/aromatic N) is 1. The van der Waals surface area contributed by atoms with Crippen LogP contribution in [-0.2, 0) is 17.8 Å². The molecule has 1 fully saturated rings. The minimum Gasteiger partial charge on any atom is -0.329 e. The van der Waals surface area contributed by atoms with Crippen molar-refractivity contribution in [1.29, 1.82) is 0 Å². The fourth-order valence-electron chi connectivity index (χ4n) is 2.89. The molecule has 1 saturated heterocycles. The number of carbonyl (C=O) groups is 1. The molecule has 108 valence electrons.